The van der Waals surface area contributed by atoms with Crippen molar-refractivity contribution in [2.45, 2.75) is 24.8 Å². The first-order valence-corrected chi connectivity index (χ1v) is 8.59. The van der Waals surface area contributed by atoms with Crippen molar-refractivity contribution >= 4 is 6.03 Å². The molecule has 0 aliphatic heterocycles. The van der Waals surface area contributed by atoms with Crippen LogP contribution in [0.15, 0.2) is 42.5 Å². The van der Waals surface area contributed by atoms with E-state index in [0.29, 0.717) is 13.0 Å². The van der Waals surface area contributed by atoms with Crippen molar-refractivity contribution in [3.63, 3.8) is 0 Å². The monoisotopic (exact) mass is 358 g/mol. The van der Waals surface area contributed by atoms with Gasteiger partial charge in [-0.2, -0.15) is 0 Å². The largest absolute Gasteiger partial charge is 0.497 e. The number of rotatable bonds is 7. The van der Waals surface area contributed by atoms with E-state index in [1.165, 1.54) is 12.1 Å². The van der Waals surface area contributed by atoms with Gasteiger partial charge in [0.1, 0.15) is 17.3 Å². The number of carbonyl (C=O) groups is 1. The molecular weight excluding hydrogens is 335 g/mol. The predicted molar refractivity (Wildman–Crippen MR) is 97.1 cm³/mol. The molecule has 0 unspecified atom stereocenters. The van der Waals surface area contributed by atoms with Crippen LogP contribution >= 0.6 is 0 Å². The van der Waals surface area contributed by atoms with E-state index in [9.17, 15) is 9.18 Å². The molecule has 0 bridgehead atoms. The molecule has 2 amide bonds. The number of carbonyl (C=O) groups excluding carboxylic acids is 1. The molecule has 6 heteroatoms. The van der Waals surface area contributed by atoms with Gasteiger partial charge in [-0.15, -0.1) is 0 Å². The Morgan fingerprint density at radius 2 is 1.85 bits per heavy atom. The summed E-state index contributed by atoms with van der Waals surface area (Å²) >= 11 is 0. The Labute approximate surface area is 152 Å². The lowest BCUT2D eigenvalue weighted by Crippen LogP contribution is -2.42. The van der Waals surface area contributed by atoms with Crippen molar-refractivity contribution < 1.29 is 18.7 Å². The maximum absolute atomic E-state index is 13.1. The van der Waals surface area contributed by atoms with Crippen molar-refractivity contribution in [3.8, 4) is 11.5 Å². The summed E-state index contributed by atoms with van der Waals surface area (Å²) in [5.74, 6) is 1.23. The van der Waals surface area contributed by atoms with Gasteiger partial charge in [0.05, 0.1) is 19.8 Å². The minimum Gasteiger partial charge on any atom is -0.497 e. The van der Waals surface area contributed by atoms with E-state index in [0.717, 1.165) is 35.5 Å². The first kappa shape index (κ1) is 18.0. The molecule has 2 aromatic rings. The highest BCUT2D eigenvalue weighted by Gasteiger charge is 2.45. The Balaban J connectivity index is 1.54. The molecule has 26 heavy (non-hydrogen) atoms. The van der Waals surface area contributed by atoms with Gasteiger partial charge in [0.15, 0.2) is 0 Å². The fourth-order valence-electron chi connectivity index (χ4n) is 3.03. The highest BCUT2D eigenvalue weighted by atomic mass is 19.1. The van der Waals surface area contributed by atoms with Crippen LogP contribution in [0.2, 0.25) is 0 Å². The van der Waals surface area contributed by atoms with Crippen LogP contribution in [0.1, 0.15) is 24.0 Å². The summed E-state index contributed by atoms with van der Waals surface area (Å²) in [7, 11) is 3.23. The van der Waals surface area contributed by atoms with E-state index < -0.39 is 0 Å². The van der Waals surface area contributed by atoms with E-state index in [2.05, 4.69) is 10.6 Å². The number of hydrogen-bond acceptors (Lipinski definition) is 3. The molecule has 1 fully saturated rings. The summed E-state index contributed by atoms with van der Waals surface area (Å²) in [4.78, 5) is 12.3. The average Bonchev–Trinajstić information content (AvgIpc) is 3.42. The van der Waals surface area contributed by atoms with Crippen LogP contribution in [-0.4, -0.2) is 26.8 Å². The first-order chi connectivity index (χ1) is 12.6. The van der Waals surface area contributed by atoms with Crippen LogP contribution in [0.25, 0.3) is 0 Å². The normalized spacial score (nSPS) is 14.4. The summed E-state index contributed by atoms with van der Waals surface area (Å²) in [6.45, 7) is 0.467. The lowest BCUT2D eigenvalue weighted by molar-refractivity contribution is 0.236. The van der Waals surface area contributed by atoms with E-state index in [1.54, 1.807) is 26.4 Å². The maximum atomic E-state index is 13.1. The molecule has 0 aromatic heterocycles. The molecule has 3 rings (SSSR count). The molecular formula is C20H23FN2O3. The van der Waals surface area contributed by atoms with Gasteiger partial charge in [0.2, 0.25) is 0 Å². The minimum atomic E-state index is -0.370. The molecule has 2 aromatic carbocycles. The van der Waals surface area contributed by atoms with Crippen LogP contribution in [0, 0.1) is 5.82 Å². The second-order valence-electron chi connectivity index (χ2n) is 6.40. The van der Waals surface area contributed by atoms with Crippen LogP contribution in [0.3, 0.4) is 0 Å². The maximum Gasteiger partial charge on any atom is 0.315 e. The lowest BCUT2D eigenvalue weighted by Gasteiger charge is -2.18. The van der Waals surface area contributed by atoms with E-state index in [-0.39, 0.29) is 17.4 Å². The summed E-state index contributed by atoms with van der Waals surface area (Å²) in [6.07, 6.45) is 2.34. The topological polar surface area (TPSA) is 59.6 Å². The Kier molecular flexibility index (Phi) is 5.30. The van der Waals surface area contributed by atoms with Crippen molar-refractivity contribution in [2.24, 2.45) is 0 Å². The zero-order valence-electron chi connectivity index (χ0n) is 15.0. The van der Waals surface area contributed by atoms with Crippen molar-refractivity contribution in [2.75, 3.05) is 20.8 Å². The van der Waals surface area contributed by atoms with E-state index >= 15 is 0 Å². The van der Waals surface area contributed by atoms with Crippen LogP contribution in [-0.2, 0) is 12.0 Å². The van der Waals surface area contributed by atoms with Gasteiger partial charge in [0, 0.05) is 6.54 Å². The van der Waals surface area contributed by atoms with Crippen LogP contribution < -0.4 is 20.1 Å². The van der Waals surface area contributed by atoms with Crippen LogP contribution in [0.5, 0.6) is 11.5 Å². The van der Waals surface area contributed by atoms with Gasteiger partial charge in [-0.25, -0.2) is 9.18 Å². The number of benzene rings is 2. The molecule has 1 aliphatic carbocycles. The Morgan fingerprint density at radius 3 is 2.46 bits per heavy atom. The number of ether oxygens (including phenoxy) is 2. The molecule has 1 aliphatic rings. The fraction of sp³-hybridized carbons (Fsp3) is 0.350. The van der Waals surface area contributed by atoms with Gasteiger partial charge in [-0.1, -0.05) is 12.1 Å². The molecule has 0 spiro atoms. The Bertz CT molecular complexity index is 773. The summed E-state index contributed by atoms with van der Waals surface area (Å²) in [6, 6.07) is 11.7. The molecule has 1 saturated carbocycles. The number of hydrogen-bond donors (Lipinski definition) is 2. The molecule has 0 radical (unpaired) electrons. The molecule has 2 N–H and O–H groups in total. The second-order valence-corrected chi connectivity index (χ2v) is 6.40. The van der Waals surface area contributed by atoms with Crippen molar-refractivity contribution in [1.29, 1.82) is 0 Å². The highest BCUT2D eigenvalue weighted by molar-refractivity contribution is 5.75. The molecule has 0 atom stereocenters. The zero-order chi connectivity index (χ0) is 18.6. The van der Waals surface area contributed by atoms with E-state index in [1.807, 2.05) is 18.2 Å². The van der Waals surface area contributed by atoms with Crippen LogP contribution in [0.4, 0.5) is 9.18 Å². The van der Waals surface area contributed by atoms with Gasteiger partial charge < -0.3 is 20.1 Å². The number of amides is 2. The highest BCUT2D eigenvalue weighted by Crippen LogP contribution is 2.45. The number of methoxy groups -OCH3 is 2. The zero-order valence-corrected chi connectivity index (χ0v) is 15.0. The standard InChI is InChI=1S/C20H23FN2O3/c1-25-17-7-8-18(26-2)14(13-17)9-12-22-19(24)23-20(10-11-20)15-3-5-16(21)6-4-15/h3-8,13H,9-12H2,1-2H3,(H2,22,23,24). The van der Waals surface area contributed by atoms with Gasteiger partial charge >= 0.3 is 6.03 Å². The summed E-state index contributed by atoms with van der Waals surface area (Å²) < 4.78 is 23.7. The number of nitrogens with one attached hydrogen (secondary N) is 2. The van der Waals surface area contributed by atoms with Crippen molar-refractivity contribution in [1.82, 2.24) is 10.6 Å². The third-order valence-corrected chi connectivity index (χ3v) is 4.67. The number of halogens is 1. The lowest BCUT2D eigenvalue weighted by atomic mass is 10.1. The molecule has 138 valence electrons. The predicted octanol–water partition coefficient (Wildman–Crippen LogP) is 3.37. The summed E-state index contributed by atoms with van der Waals surface area (Å²) in [5.41, 5.74) is 1.53. The SMILES string of the molecule is COc1ccc(OC)c(CCNC(=O)NC2(c3ccc(F)cc3)CC2)c1. The minimum absolute atomic E-state index is 0.228. The van der Waals surface area contributed by atoms with Gasteiger partial charge in [-0.3, -0.25) is 0 Å². The Morgan fingerprint density at radius 1 is 1.12 bits per heavy atom. The number of urea groups is 1. The molecule has 0 saturated heterocycles. The summed E-state index contributed by atoms with van der Waals surface area (Å²) in [5, 5.41) is 5.89. The molecule has 5 nitrogen and oxygen atoms in total. The Hall–Kier alpha value is -2.76. The average molecular weight is 358 g/mol. The van der Waals surface area contributed by atoms with Gasteiger partial charge in [0.25, 0.3) is 0 Å². The second kappa shape index (κ2) is 7.64. The third-order valence-electron chi connectivity index (χ3n) is 4.67. The smallest absolute Gasteiger partial charge is 0.315 e. The van der Waals surface area contributed by atoms with Crippen molar-refractivity contribution in [3.05, 3.63) is 59.4 Å². The van der Waals surface area contributed by atoms with Gasteiger partial charge in [-0.05, 0) is 60.7 Å². The van der Waals surface area contributed by atoms with E-state index in [4.69, 9.17) is 9.47 Å². The molecule has 0 heterocycles. The fourth-order valence-corrected chi connectivity index (χ4v) is 3.03. The third kappa shape index (κ3) is 4.07. The first-order valence-electron chi connectivity index (χ1n) is 8.59. The quantitative estimate of drug-likeness (QED) is 0.798.